The van der Waals surface area contributed by atoms with E-state index in [1.807, 2.05) is 13.3 Å². The van der Waals surface area contributed by atoms with E-state index in [9.17, 15) is 8.42 Å². The van der Waals surface area contributed by atoms with Crippen LogP contribution in [0.15, 0.2) is 17.2 Å². The molecule has 1 aliphatic carbocycles. The van der Waals surface area contributed by atoms with Gasteiger partial charge in [-0.3, -0.25) is 0 Å². The number of sulfonamides is 1. The summed E-state index contributed by atoms with van der Waals surface area (Å²) in [5.74, 6) is 0.784. The Kier molecular flexibility index (Phi) is 4.94. The molecule has 0 spiro atoms. The van der Waals surface area contributed by atoms with Gasteiger partial charge in [0.25, 0.3) is 0 Å². The Morgan fingerprint density at radius 1 is 1.47 bits per heavy atom. The van der Waals surface area contributed by atoms with Crippen molar-refractivity contribution in [3.05, 3.63) is 18.0 Å². The van der Waals surface area contributed by atoms with Crippen molar-refractivity contribution in [2.45, 2.75) is 30.3 Å². The molecule has 0 aromatic carbocycles. The fourth-order valence-electron chi connectivity index (χ4n) is 2.02. The first-order valence-electron chi connectivity index (χ1n) is 6.42. The van der Waals surface area contributed by atoms with Crippen molar-refractivity contribution in [2.24, 2.45) is 0 Å². The predicted molar refractivity (Wildman–Crippen MR) is 79.0 cm³/mol. The highest BCUT2D eigenvalue weighted by Gasteiger charge is 2.27. The Morgan fingerprint density at radius 2 is 2.21 bits per heavy atom. The van der Waals surface area contributed by atoms with Crippen molar-refractivity contribution in [3.63, 3.8) is 0 Å². The monoisotopic (exact) mass is 303 g/mol. The van der Waals surface area contributed by atoms with Crippen LogP contribution in [0.2, 0.25) is 0 Å². The Balaban J connectivity index is 2.17. The van der Waals surface area contributed by atoms with Gasteiger partial charge in [0.2, 0.25) is 10.0 Å². The molecule has 0 radical (unpaired) electrons. The van der Waals surface area contributed by atoms with Crippen molar-refractivity contribution in [1.29, 1.82) is 0 Å². The molecule has 0 amide bonds. The van der Waals surface area contributed by atoms with E-state index < -0.39 is 10.0 Å². The molecule has 1 aliphatic rings. The summed E-state index contributed by atoms with van der Waals surface area (Å²) in [6.07, 6.45) is 6.02. The maximum absolute atomic E-state index is 12.2. The van der Waals surface area contributed by atoms with Crippen LogP contribution in [0.3, 0.4) is 0 Å². The van der Waals surface area contributed by atoms with Gasteiger partial charge in [-0.05, 0) is 32.2 Å². The van der Waals surface area contributed by atoms with Gasteiger partial charge in [0, 0.05) is 36.8 Å². The zero-order valence-electron chi connectivity index (χ0n) is 11.3. The summed E-state index contributed by atoms with van der Waals surface area (Å²) in [6.45, 7) is 1.16. The standard InChI is InChI=1S/C12H21N3O2S2/c1-13-8-11-7-12(9-15(11)10-3-4-10)19(16,17)14-5-6-18-2/h7,9-10,13-14H,3-6,8H2,1-2H3. The van der Waals surface area contributed by atoms with E-state index in [1.54, 1.807) is 24.0 Å². The SMILES string of the molecule is CNCc1cc(S(=O)(=O)NCCSC)cn1C1CC1. The average molecular weight is 303 g/mol. The van der Waals surface area contributed by atoms with Gasteiger partial charge >= 0.3 is 0 Å². The topological polar surface area (TPSA) is 63.1 Å². The maximum atomic E-state index is 12.2. The molecule has 7 heteroatoms. The zero-order chi connectivity index (χ0) is 13.9. The molecule has 0 unspecified atom stereocenters. The molecule has 1 heterocycles. The fraction of sp³-hybridized carbons (Fsp3) is 0.667. The molecule has 0 atom stereocenters. The third-order valence-corrected chi connectivity index (χ3v) is 5.15. The number of nitrogens with one attached hydrogen (secondary N) is 2. The van der Waals surface area contributed by atoms with Crippen LogP contribution in [-0.4, -0.2) is 38.6 Å². The van der Waals surface area contributed by atoms with E-state index in [0.29, 0.717) is 24.0 Å². The normalized spacial score (nSPS) is 15.9. The van der Waals surface area contributed by atoms with Crippen LogP contribution in [0.4, 0.5) is 0 Å². The Labute approximate surface area is 119 Å². The smallest absolute Gasteiger partial charge is 0.242 e. The number of rotatable bonds is 8. The summed E-state index contributed by atoms with van der Waals surface area (Å²) in [5, 5.41) is 3.08. The molecular formula is C12H21N3O2S2. The Morgan fingerprint density at radius 3 is 2.79 bits per heavy atom. The van der Waals surface area contributed by atoms with E-state index in [4.69, 9.17) is 0 Å². The lowest BCUT2D eigenvalue weighted by Crippen LogP contribution is -2.25. The second-order valence-corrected chi connectivity index (χ2v) is 7.48. The van der Waals surface area contributed by atoms with Gasteiger partial charge in [-0.25, -0.2) is 13.1 Å². The van der Waals surface area contributed by atoms with E-state index >= 15 is 0 Å². The number of nitrogens with zero attached hydrogens (tertiary/aromatic N) is 1. The number of thioether (sulfide) groups is 1. The van der Waals surface area contributed by atoms with Crippen molar-refractivity contribution in [2.75, 3.05) is 25.6 Å². The van der Waals surface area contributed by atoms with Gasteiger partial charge in [-0.1, -0.05) is 0 Å². The Bertz CT molecular complexity index is 521. The van der Waals surface area contributed by atoms with Crippen LogP contribution in [0, 0.1) is 0 Å². The first-order chi connectivity index (χ1) is 9.08. The van der Waals surface area contributed by atoms with Crippen LogP contribution >= 0.6 is 11.8 Å². The molecule has 1 aromatic rings. The van der Waals surface area contributed by atoms with E-state index in [1.165, 1.54) is 0 Å². The quantitative estimate of drug-likeness (QED) is 0.708. The lowest BCUT2D eigenvalue weighted by atomic mass is 10.4. The minimum absolute atomic E-state index is 0.380. The summed E-state index contributed by atoms with van der Waals surface area (Å²) < 4.78 is 29.1. The average Bonchev–Trinajstić information content (AvgIpc) is 3.11. The zero-order valence-corrected chi connectivity index (χ0v) is 13.0. The molecule has 0 bridgehead atoms. The lowest BCUT2D eigenvalue weighted by molar-refractivity contribution is 0.583. The van der Waals surface area contributed by atoms with Crippen molar-refractivity contribution in [1.82, 2.24) is 14.6 Å². The molecule has 1 aromatic heterocycles. The van der Waals surface area contributed by atoms with Gasteiger partial charge in [-0.15, -0.1) is 0 Å². The van der Waals surface area contributed by atoms with E-state index in [2.05, 4.69) is 14.6 Å². The lowest BCUT2D eigenvalue weighted by Gasteiger charge is -2.05. The van der Waals surface area contributed by atoms with E-state index in [-0.39, 0.29) is 0 Å². The van der Waals surface area contributed by atoms with Gasteiger partial charge in [0.05, 0.1) is 4.90 Å². The molecule has 108 valence electrons. The van der Waals surface area contributed by atoms with Crippen LogP contribution < -0.4 is 10.0 Å². The molecule has 19 heavy (non-hydrogen) atoms. The summed E-state index contributed by atoms with van der Waals surface area (Å²) in [5.41, 5.74) is 1.04. The minimum Gasteiger partial charge on any atom is -0.346 e. The summed E-state index contributed by atoms with van der Waals surface area (Å²) in [7, 11) is -1.50. The first-order valence-corrected chi connectivity index (χ1v) is 9.30. The first kappa shape index (κ1) is 14.9. The molecule has 1 fully saturated rings. The van der Waals surface area contributed by atoms with Crippen molar-refractivity contribution < 1.29 is 8.42 Å². The van der Waals surface area contributed by atoms with Crippen LogP contribution in [0.1, 0.15) is 24.6 Å². The second-order valence-electron chi connectivity index (χ2n) is 4.73. The summed E-state index contributed by atoms with van der Waals surface area (Å²) in [4.78, 5) is 0.380. The van der Waals surface area contributed by atoms with Gasteiger partial charge in [0.1, 0.15) is 0 Å². The molecule has 1 saturated carbocycles. The number of aromatic nitrogens is 1. The second kappa shape index (κ2) is 6.30. The van der Waals surface area contributed by atoms with Crippen LogP contribution in [0.25, 0.3) is 0 Å². The largest absolute Gasteiger partial charge is 0.346 e. The molecule has 0 aliphatic heterocycles. The van der Waals surface area contributed by atoms with Crippen molar-refractivity contribution in [3.8, 4) is 0 Å². The van der Waals surface area contributed by atoms with Crippen LogP contribution in [-0.2, 0) is 16.6 Å². The minimum atomic E-state index is -3.37. The molecule has 0 saturated heterocycles. The van der Waals surface area contributed by atoms with Gasteiger partial charge < -0.3 is 9.88 Å². The molecular weight excluding hydrogens is 282 g/mol. The predicted octanol–water partition coefficient (Wildman–Crippen LogP) is 1.18. The highest BCUT2D eigenvalue weighted by molar-refractivity contribution is 7.98. The van der Waals surface area contributed by atoms with Gasteiger partial charge in [-0.2, -0.15) is 11.8 Å². The third-order valence-electron chi connectivity index (χ3n) is 3.11. The molecule has 2 rings (SSSR count). The summed E-state index contributed by atoms with van der Waals surface area (Å²) >= 11 is 1.63. The van der Waals surface area contributed by atoms with Crippen LogP contribution in [0.5, 0.6) is 0 Å². The molecule has 5 nitrogen and oxygen atoms in total. The van der Waals surface area contributed by atoms with Crippen molar-refractivity contribution >= 4 is 21.8 Å². The molecule has 2 N–H and O–H groups in total. The maximum Gasteiger partial charge on any atom is 0.242 e. The fourth-order valence-corrected chi connectivity index (χ4v) is 3.54. The number of hydrogen-bond donors (Lipinski definition) is 2. The van der Waals surface area contributed by atoms with Gasteiger partial charge in [0.15, 0.2) is 0 Å². The Hall–Kier alpha value is -0.500. The summed E-state index contributed by atoms with van der Waals surface area (Å²) in [6, 6.07) is 2.26. The number of hydrogen-bond acceptors (Lipinski definition) is 4. The third kappa shape index (κ3) is 3.75. The highest BCUT2D eigenvalue weighted by atomic mass is 32.2. The van der Waals surface area contributed by atoms with E-state index in [0.717, 1.165) is 24.3 Å². The highest BCUT2D eigenvalue weighted by Crippen LogP contribution is 2.37.